The molecule has 1 aromatic heterocycles. The largest absolute Gasteiger partial charge is 0.481 e. The van der Waals surface area contributed by atoms with E-state index >= 15 is 0 Å². The monoisotopic (exact) mass is 267 g/mol. The summed E-state index contributed by atoms with van der Waals surface area (Å²) in [6.07, 6.45) is 2.76. The molecule has 0 aliphatic rings. The number of aliphatic carboxylic acids is 1. The van der Waals surface area contributed by atoms with Crippen LogP contribution in [0, 0.1) is 0 Å². The number of aliphatic hydroxyl groups excluding tert-OH is 1. The van der Waals surface area contributed by atoms with E-state index in [0.29, 0.717) is 12.8 Å². The summed E-state index contributed by atoms with van der Waals surface area (Å²) in [4.78, 5) is 25.4. The molecule has 1 aromatic rings. The number of aliphatic hydroxyl groups is 1. The third-order valence-corrected chi connectivity index (χ3v) is 2.57. The molecule has 2 atom stereocenters. The first-order valence-electron chi connectivity index (χ1n) is 5.83. The number of rotatable bonds is 8. The number of carbonyl (C=O) groups is 2. The van der Waals surface area contributed by atoms with Crippen LogP contribution >= 0.6 is 0 Å². The number of primary amides is 1. The van der Waals surface area contributed by atoms with E-state index in [1.165, 1.54) is 0 Å². The molecule has 0 radical (unpaired) electrons. The number of amides is 1. The van der Waals surface area contributed by atoms with Crippen molar-refractivity contribution in [3.05, 3.63) is 30.1 Å². The van der Waals surface area contributed by atoms with Crippen LogP contribution in [0.15, 0.2) is 24.5 Å². The van der Waals surface area contributed by atoms with Gasteiger partial charge in [0, 0.05) is 12.4 Å². The Morgan fingerprint density at radius 1 is 1.37 bits per heavy atom. The minimum absolute atomic E-state index is 0.341. The average Bonchev–Trinajstić information content (AvgIpc) is 2.36. The summed E-state index contributed by atoms with van der Waals surface area (Å²) in [6, 6.07) is 2.55. The van der Waals surface area contributed by atoms with Gasteiger partial charge >= 0.3 is 5.97 Å². The highest BCUT2D eigenvalue weighted by molar-refractivity contribution is 5.84. The number of aromatic nitrogens is 1. The highest BCUT2D eigenvalue weighted by Crippen LogP contribution is 2.04. The lowest BCUT2D eigenvalue weighted by Crippen LogP contribution is -2.47. The SMILES string of the molecule is NC(=O)[C@H](CC(=O)O)NC(O)CCc1ccncc1. The molecule has 1 amide bonds. The summed E-state index contributed by atoms with van der Waals surface area (Å²) in [5, 5.41) is 20.8. The molecule has 0 fully saturated rings. The van der Waals surface area contributed by atoms with Gasteiger partial charge in [-0.3, -0.25) is 19.9 Å². The Bertz CT molecular complexity index is 424. The summed E-state index contributed by atoms with van der Waals surface area (Å²) in [5.41, 5.74) is 6.05. The Balaban J connectivity index is 2.42. The van der Waals surface area contributed by atoms with Crippen LogP contribution < -0.4 is 11.1 Å². The van der Waals surface area contributed by atoms with Gasteiger partial charge in [-0.2, -0.15) is 0 Å². The number of carbonyl (C=O) groups excluding carboxylic acids is 1. The Hall–Kier alpha value is -1.99. The van der Waals surface area contributed by atoms with E-state index in [4.69, 9.17) is 10.8 Å². The van der Waals surface area contributed by atoms with Crippen molar-refractivity contribution in [3.63, 3.8) is 0 Å². The molecule has 1 rings (SSSR count). The van der Waals surface area contributed by atoms with Crippen molar-refractivity contribution in [2.45, 2.75) is 31.5 Å². The molecule has 5 N–H and O–H groups in total. The van der Waals surface area contributed by atoms with Crippen LogP contribution in [0.25, 0.3) is 0 Å². The standard InChI is InChI=1S/C12H17N3O4/c13-12(19)9(7-11(17)18)15-10(16)2-1-8-3-5-14-6-4-8/h3-6,9-10,15-16H,1-2,7H2,(H2,13,19)(H,17,18)/t9-,10?/m0/s1. The molecule has 104 valence electrons. The number of hydrogen-bond acceptors (Lipinski definition) is 5. The zero-order valence-electron chi connectivity index (χ0n) is 10.3. The lowest BCUT2D eigenvalue weighted by molar-refractivity contribution is -0.139. The number of aryl methyl sites for hydroxylation is 1. The van der Waals surface area contributed by atoms with Gasteiger partial charge < -0.3 is 15.9 Å². The van der Waals surface area contributed by atoms with E-state index in [0.717, 1.165) is 5.56 Å². The van der Waals surface area contributed by atoms with E-state index in [1.54, 1.807) is 12.4 Å². The van der Waals surface area contributed by atoms with Crippen molar-refractivity contribution < 1.29 is 19.8 Å². The fourth-order valence-corrected chi connectivity index (χ4v) is 1.58. The molecule has 7 nitrogen and oxygen atoms in total. The van der Waals surface area contributed by atoms with Gasteiger partial charge in [0.05, 0.1) is 12.5 Å². The molecule has 7 heteroatoms. The molecule has 0 spiro atoms. The molecule has 0 aromatic carbocycles. The second-order valence-electron chi connectivity index (χ2n) is 4.13. The van der Waals surface area contributed by atoms with E-state index in [1.807, 2.05) is 12.1 Å². The minimum atomic E-state index is -1.15. The van der Waals surface area contributed by atoms with Gasteiger partial charge in [-0.05, 0) is 30.5 Å². The van der Waals surface area contributed by atoms with Crippen LogP contribution in [0.4, 0.5) is 0 Å². The summed E-state index contributed by atoms with van der Waals surface area (Å²) >= 11 is 0. The zero-order valence-corrected chi connectivity index (χ0v) is 10.3. The number of nitrogens with two attached hydrogens (primary N) is 1. The van der Waals surface area contributed by atoms with Gasteiger partial charge in [0.25, 0.3) is 0 Å². The Kier molecular flexibility index (Phi) is 5.91. The second-order valence-corrected chi connectivity index (χ2v) is 4.13. The first-order chi connectivity index (χ1) is 8.99. The normalized spacial score (nSPS) is 13.7. The molecule has 0 bridgehead atoms. The van der Waals surface area contributed by atoms with Crippen molar-refractivity contribution in [3.8, 4) is 0 Å². The summed E-state index contributed by atoms with van der Waals surface area (Å²) in [7, 11) is 0. The molecular weight excluding hydrogens is 250 g/mol. The van der Waals surface area contributed by atoms with Crippen LogP contribution in [0.5, 0.6) is 0 Å². The number of carboxylic acid groups (broad SMARTS) is 1. The van der Waals surface area contributed by atoms with E-state index < -0.39 is 30.6 Å². The Morgan fingerprint density at radius 2 is 2.00 bits per heavy atom. The third-order valence-electron chi connectivity index (χ3n) is 2.57. The molecule has 0 aliphatic carbocycles. The first-order valence-corrected chi connectivity index (χ1v) is 5.83. The van der Waals surface area contributed by atoms with Crippen LogP contribution in [0.2, 0.25) is 0 Å². The molecular formula is C12H17N3O4. The maximum atomic E-state index is 11.0. The lowest BCUT2D eigenvalue weighted by atomic mass is 10.1. The molecule has 1 heterocycles. The summed E-state index contributed by atoms with van der Waals surface area (Å²) in [6.45, 7) is 0. The van der Waals surface area contributed by atoms with Crippen molar-refractivity contribution >= 4 is 11.9 Å². The maximum Gasteiger partial charge on any atom is 0.305 e. The molecule has 0 saturated heterocycles. The van der Waals surface area contributed by atoms with Crippen molar-refractivity contribution in [2.24, 2.45) is 5.73 Å². The summed E-state index contributed by atoms with van der Waals surface area (Å²) in [5.74, 6) is -1.96. The topological polar surface area (TPSA) is 126 Å². The number of carboxylic acids is 1. The van der Waals surface area contributed by atoms with Gasteiger partial charge in [0.1, 0.15) is 6.23 Å². The minimum Gasteiger partial charge on any atom is -0.481 e. The highest BCUT2D eigenvalue weighted by atomic mass is 16.4. The van der Waals surface area contributed by atoms with Crippen molar-refractivity contribution in [2.75, 3.05) is 0 Å². The van der Waals surface area contributed by atoms with Crippen molar-refractivity contribution in [1.29, 1.82) is 0 Å². The van der Waals surface area contributed by atoms with Gasteiger partial charge in [-0.1, -0.05) is 0 Å². The predicted molar refractivity (Wildman–Crippen MR) is 66.9 cm³/mol. The smallest absolute Gasteiger partial charge is 0.305 e. The van der Waals surface area contributed by atoms with Crippen LogP contribution in [-0.2, 0) is 16.0 Å². The fourth-order valence-electron chi connectivity index (χ4n) is 1.58. The number of nitrogens with one attached hydrogen (secondary N) is 1. The van der Waals surface area contributed by atoms with Gasteiger partial charge in [-0.15, -0.1) is 0 Å². The Morgan fingerprint density at radius 3 is 2.53 bits per heavy atom. The summed E-state index contributed by atoms with van der Waals surface area (Å²) < 4.78 is 0. The zero-order chi connectivity index (χ0) is 14.3. The van der Waals surface area contributed by atoms with Crippen LogP contribution in [-0.4, -0.2) is 39.3 Å². The van der Waals surface area contributed by atoms with Gasteiger partial charge in [-0.25, -0.2) is 0 Å². The maximum absolute atomic E-state index is 11.0. The lowest BCUT2D eigenvalue weighted by Gasteiger charge is -2.18. The molecule has 0 saturated carbocycles. The van der Waals surface area contributed by atoms with Gasteiger partial charge in [0.2, 0.25) is 5.91 Å². The second kappa shape index (κ2) is 7.45. The van der Waals surface area contributed by atoms with E-state index in [9.17, 15) is 14.7 Å². The van der Waals surface area contributed by atoms with Crippen LogP contribution in [0.1, 0.15) is 18.4 Å². The number of pyridine rings is 1. The van der Waals surface area contributed by atoms with Crippen LogP contribution in [0.3, 0.4) is 0 Å². The molecule has 0 aliphatic heterocycles. The fraction of sp³-hybridized carbons (Fsp3) is 0.417. The Labute approximate surface area is 110 Å². The van der Waals surface area contributed by atoms with E-state index in [-0.39, 0.29) is 0 Å². The molecule has 1 unspecified atom stereocenters. The van der Waals surface area contributed by atoms with Gasteiger partial charge in [0.15, 0.2) is 0 Å². The predicted octanol–water partition coefficient (Wildman–Crippen LogP) is -0.749. The average molecular weight is 267 g/mol. The third kappa shape index (κ3) is 5.94. The van der Waals surface area contributed by atoms with E-state index in [2.05, 4.69) is 10.3 Å². The quantitative estimate of drug-likeness (QED) is 0.459. The van der Waals surface area contributed by atoms with Crippen molar-refractivity contribution in [1.82, 2.24) is 10.3 Å². The highest BCUT2D eigenvalue weighted by Gasteiger charge is 2.21. The number of hydrogen-bond donors (Lipinski definition) is 4. The number of nitrogens with zero attached hydrogens (tertiary/aromatic N) is 1. The molecule has 19 heavy (non-hydrogen) atoms. The first kappa shape index (κ1) is 15.1.